The molecule has 21 heavy (non-hydrogen) atoms. The molecule has 2 N–H and O–H groups in total. The van der Waals surface area contributed by atoms with Gasteiger partial charge in [0.15, 0.2) is 0 Å². The monoisotopic (exact) mass is 304 g/mol. The van der Waals surface area contributed by atoms with Crippen molar-refractivity contribution in [1.29, 1.82) is 0 Å². The van der Waals surface area contributed by atoms with E-state index in [-0.39, 0.29) is 18.2 Å². The summed E-state index contributed by atoms with van der Waals surface area (Å²) in [6.45, 7) is 0.292. The van der Waals surface area contributed by atoms with Gasteiger partial charge in [0, 0.05) is 11.9 Å². The van der Waals surface area contributed by atoms with Crippen LogP contribution >= 0.6 is 11.3 Å². The lowest BCUT2D eigenvalue weighted by Gasteiger charge is -2.07. The third-order valence-corrected chi connectivity index (χ3v) is 3.90. The van der Waals surface area contributed by atoms with Crippen molar-refractivity contribution < 1.29 is 10.0 Å². The van der Waals surface area contributed by atoms with Gasteiger partial charge in [-0.15, -0.1) is 0 Å². The van der Waals surface area contributed by atoms with Gasteiger partial charge < -0.3 is 20.5 Å². The standard InChI is InChI=1S/C13H12N4O3S/c18-8-10-4-2-1-3-9(10)7-14-11-12(17(19)20)16-5-6-21-13(16)15-11/h1-6,14,18H,7-8H2. The SMILES string of the molecule is O=[N+]([O-])c1c(NCc2ccccc2CO)nc2sccn12. The van der Waals surface area contributed by atoms with Crippen molar-refractivity contribution in [2.45, 2.75) is 13.2 Å². The number of anilines is 1. The predicted octanol–water partition coefficient (Wildman–Crippen LogP) is 2.41. The van der Waals surface area contributed by atoms with Crippen molar-refractivity contribution in [1.82, 2.24) is 9.38 Å². The quantitative estimate of drug-likeness (QED) is 0.558. The van der Waals surface area contributed by atoms with E-state index in [1.807, 2.05) is 24.3 Å². The van der Waals surface area contributed by atoms with Crippen LogP contribution < -0.4 is 5.32 Å². The first-order valence-corrected chi connectivity index (χ1v) is 7.10. The van der Waals surface area contributed by atoms with Crippen LogP contribution in [0.15, 0.2) is 35.8 Å². The normalized spacial score (nSPS) is 10.9. The van der Waals surface area contributed by atoms with E-state index in [2.05, 4.69) is 10.3 Å². The van der Waals surface area contributed by atoms with E-state index in [1.165, 1.54) is 15.7 Å². The second-order valence-corrected chi connectivity index (χ2v) is 5.25. The number of rotatable bonds is 5. The van der Waals surface area contributed by atoms with Crippen LogP contribution in [-0.2, 0) is 13.2 Å². The molecule has 0 aliphatic carbocycles. The summed E-state index contributed by atoms with van der Waals surface area (Å²) in [5.41, 5.74) is 1.67. The van der Waals surface area contributed by atoms with Crippen LogP contribution in [0.2, 0.25) is 0 Å². The predicted molar refractivity (Wildman–Crippen MR) is 79.4 cm³/mol. The molecule has 3 aromatic rings. The van der Waals surface area contributed by atoms with E-state index in [9.17, 15) is 15.2 Å². The number of hydrogen-bond acceptors (Lipinski definition) is 6. The fraction of sp³-hybridized carbons (Fsp3) is 0.154. The third-order valence-electron chi connectivity index (χ3n) is 3.14. The molecule has 0 radical (unpaired) electrons. The minimum Gasteiger partial charge on any atom is -0.392 e. The molecular weight excluding hydrogens is 292 g/mol. The lowest BCUT2D eigenvalue weighted by Crippen LogP contribution is -2.05. The van der Waals surface area contributed by atoms with Crippen molar-refractivity contribution >= 4 is 27.9 Å². The summed E-state index contributed by atoms with van der Waals surface area (Å²) in [5.74, 6) is 0.160. The molecule has 0 spiro atoms. The maximum Gasteiger partial charge on any atom is 0.372 e. The van der Waals surface area contributed by atoms with Gasteiger partial charge in [0.2, 0.25) is 5.82 Å². The first-order valence-electron chi connectivity index (χ1n) is 6.22. The van der Waals surface area contributed by atoms with Crippen molar-refractivity contribution in [3.63, 3.8) is 0 Å². The van der Waals surface area contributed by atoms with Gasteiger partial charge in [-0.1, -0.05) is 35.6 Å². The van der Waals surface area contributed by atoms with Crippen molar-refractivity contribution in [3.8, 4) is 0 Å². The Balaban J connectivity index is 1.90. The van der Waals surface area contributed by atoms with Crippen LogP contribution in [0.1, 0.15) is 11.1 Å². The smallest absolute Gasteiger partial charge is 0.372 e. The molecule has 7 nitrogen and oxygen atoms in total. The summed E-state index contributed by atoms with van der Waals surface area (Å²) in [6, 6.07) is 7.38. The number of aromatic nitrogens is 2. The molecule has 108 valence electrons. The molecule has 2 heterocycles. The zero-order valence-corrected chi connectivity index (χ0v) is 11.7. The van der Waals surface area contributed by atoms with Gasteiger partial charge in [0.1, 0.15) is 6.20 Å². The van der Waals surface area contributed by atoms with Crippen LogP contribution in [0.25, 0.3) is 4.96 Å². The van der Waals surface area contributed by atoms with E-state index in [0.717, 1.165) is 11.1 Å². The number of benzene rings is 1. The van der Waals surface area contributed by atoms with Crippen LogP contribution in [0.5, 0.6) is 0 Å². The number of nitrogens with one attached hydrogen (secondary N) is 1. The highest BCUT2D eigenvalue weighted by atomic mass is 32.1. The molecule has 0 atom stereocenters. The largest absolute Gasteiger partial charge is 0.392 e. The molecule has 1 aromatic carbocycles. The highest BCUT2D eigenvalue weighted by molar-refractivity contribution is 7.15. The average Bonchev–Trinajstić information content (AvgIpc) is 3.05. The summed E-state index contributed by atoms with van der Waals surface area (Å²) in [5, 5.41) is 25.2. The molecule has 2 aromatic heterocycles. The number of imidazole rings is 1. The van der Waals surface area contributed by atoms with Gasteiger partial charge in [-0.05, 0) is 16.1 Å². The number of fused-ring (bicyclic) bond motifs is 1. The molecule has 0 bridgehead atoms. The van der Waals surface area contributed by atoms with E-state index >= 15 is 0 Å². The Hall–Kier alpha value is -2.45. The van der Waals surface area contributed by atoms with Gasteiger partial charge in [-0.25, -0.2) is 0 Å². The molecule has 0 unspecified atom stereocenters. The van der Waals surface area contributed by atoms with Gasteiger partial charge in [0.25, 0.3) is 4.96 Å². The lowest BCUT2D eigenvalue weighted by molar-refractivity contribution is -0.389. The molecule has 0 saturated carbocycles. The summed E-state index contributed by atoms with van der Waals surface area (Å²) in [7, 11) is 0. The van der Waals surface area contributed by atoms with Gasteiger partial charge in [-0.2, -0.15) is 9.38 Å². The Morgan fingerprint density at radius 3 is 2.86 bits per heavy atom. The highest BCUT2D eigenvalue weighted by Gasteiger charge is 2.23. The maximum atomic E-state index is 11.2. The van der Waals surface area contributed by atoms with Gasteiger partial charge in [0.05, 0.1) is 6.61 Å². The first-order chi connectivity index (χ1) is 10.2. The number of nitrogens with zero attached hydrogens (tertiary/aromatic N) is 3. The Morgan fingerprint density at radius 1 is 1.38 bits per heavy atom. The van der Waals surface area contributed by atoms with Crippen molar-refractivity contribution in [2.75, 3.05) is 5.32 Å². The Kier molecular flexibility index (Phi) is 3.55. The summed E-state index contributed by atoms with van der Waals surface area (Å²) >= 11 is 1.34. The zero-order chi connectivity index (χ0) is 14.8. The van der Waals surface area contributed by atoms with E-state index < -0.39 is 4.92 Å². The van der Waals surface area contributed by atoms with Gasteiger partial charge >= 0.3 is 5.82 Å². The highest BCUT2D eigenvalue weighted by Crippen LogP contribution is 2.28. The fourth-order valence-corrected chi connectivity index (χ4v) is 2.84. The van der Waals surface area contributed by atoms with Crippen LogP contribution in [0.3, 0.4) is 0 Å². The molecule has 8 heteroatoms. The maximum absolute atomic E-state index is 11.2. The number of hydrogen-bond donors (Lipinski definition) is 2. The average molecular weight is 304 g/mol. The van der Waals surface area contributed by atoms with E-state index in [1.54, 1.807) is 11.6 Å². The minimum atomic E-state index is -0.451. The Bertz CT molecular complexity index is 796. The molecule has 0 fully saturated rings. The molecule has 0 aliphatic rings. The molecule has 0 aliphatic heterocycles. The van der Waals surface area contributed by atoms with Crippen LogP contribution in [0.4, 0.5) is 11.6 Å². The van der Waals surface area contributed by atoms with Crippen molar-refractivity contribution in [2.24, 2.45) is 0 Å². The number of aliphatic hydroxyl groups excluding tert-OH is 1. The van der Waals surface area contributed by atoms with E-state index in [0.29, 0.717) is 11.5 Å². The topological polar surface area (TPSA) is 92.7 Å². The Morgan fingerprint density at radius 2 is 2.14 bits per heavy atom. The summed E-state index contributed by atoms with van der Waals surface area (Å²) in [6.07, 6.45) is 1.62. The fourth-order valence-electron chi connectivity index (χ4n) is 2.13. The molecular formula is C13H12N4O3S. The molecule has 0 amide bonds. The zero-order valence-electron chi connectivity index (χ0n) is 10.9. The molecule has 0 saturated heterocycles. The van der Waals surface area contributed by atoms with Crippen LogP contribution in [0, 0.1) is 10.1 Å². The number of aliphatic hydroxyl groups is 1. The van der Waals surface area contributed by atoms with Crippen LogP contribution in [-0.4, -0.2) is 19.4 Å². The number of thiazole rings is 1. The lowest BCUT2D eigenvalue weighted by atomic mass is 10.1. The summed E-state index contributed by atoms with van der Waals surface area (Å²) < 4.78 is 1.45. The summed E-state index contributed by atoms with van der Waals surface area (Å²) in [4.78, 5) is 15.5. The second kappa shape index (κ2) is 5.51. The van der Waals surface area contributed by atoms with Crippen molar-refractivity contribution in [3.05, 3.63) is 57.1 Å². The second-order valence-electron chi connectivity index (χ2n) is 4.38. The van der Waals surface area contributed by atoms with E-state index in [4.69, 9.17) is 0 Å². The first kappa shape index (κ1) is 13.5. The third kappa shape index (κ3) is 2.46. The number of nitro groups is 1. The minimum absolute atomic E-state index is 0.0712. The molecule has 3 rings (SSSR count). The van der Waals surface area contributed by atoms with Gasteiger partial charge in [-0.3, -0.25) is 0 Å². The Labute approximate surface area is 123 Å².